The topological polar surface area (TPSA) is 9.23 Å². The van der Waals surface area contributed by atoms with Gasteiger partial charge in [0.05, 0.1) is 12.1 Å². The van der Waals surface area contributed by atoms with Crippen LogP contribution in [0.2, 0.25) is 5.02 Å². The van der Waals surface area contributed by atoms with E-state index in [4.69, 9.17) is 39.5 Å². The Kier molecular flexibility index (Phi) is 4.41. The Labute approximate surface area is 153 Å². The molecule has 2 unspecified atom stereocenters. The lowest BCUT2D eigenvalue weighted by molar-refractivity contribution is 0.414. The predicted molar refractivity (Wildman–Crippen MR) is 96.8 cm³/mol. The van der Waals surface area contributed by atoms with Crippen LogP contribution in [0.4, 0.5) is 0 Å². The van der Waals surface area contributed by atoms with Crippen LogP contribution in [0.25, 0.3) is 0 Å². The number of hydrogen-bond donors (Lipinski definition) is 0. The summed E-state index contributed by atoms with van der Waals surface area (Å²) in [6, 6.07) is 11.9. The summed E-state index contributed by atoms with van der Waals surface area (Å²) in [6.07, 6.45) is 0. The van der Waals surface area contributed by atoms with Crippen molar-refractivity contribution in [2.45, 2.75) is 23.1 Å². The Balaban J connectivity index is 1.95. The van der Waals surface area contributed by atoms with Gasteiger partial charge in [0, 0.05) is 16.3 Å². The van der Waals surface area contributed by atoms with Gasteiger partial charge in [-0.15, -0.1) is 23.2 Å². The number of benzene rings is 2. The third-order valence-corrected chi connectivity index (χ3v) is 6.64. The van der Waals surface area contributed by atoms with E-state index < -0.39 is 4.33 Å². The van der Waals surface area contributed by atoms with E-state index in [9.17, 15) is 0 Å². The van der Waals surface area contributed by atoms with E-state index in [1.165, 1.54) is 0 Å². The molecular weight excluding hydrogens is 406 g/mol. The van der Waals surface area contributed by atoms with Crippen LogP contribution < -0.4 is 4.74 Å². The molecule has 2 atom stereocenters. The first-order valence-electron chi connectivity index (χ1n) is 6.83. The van der Waals surface area contributed by atoms with Crippen LogP contribution in [-0.4, -0.2) is 11.4 Å². The van der Waals surface area contributed by atoms with Crippen molar-refractivity contribution in [3.8, 4) is 5.75 Å². The Morgan fingerprint density at radius 1 is 1.05 bits per heavy atom. The summed E-state index contributed by atoms with van der Waals surface area (Å²) in [7, 11) is 1.65. The van der Waals surface area contributed by atoms with Crippen LogP contribution >= 0.6 is 50.7 Å². The van der Waals surface area contributed by atoms with Gasteiger partial charge in [0.25, 0.3) is 0 Å². The standard InChI is InChI=1S/C17H14BrCl3O/c1-9-7-11(8-13(19)16(9)18)15-14(17(15,20)21)10-3-5-12(22-2)6-4-10/h3-8,14-15H,1-2H3. The molecule has 22 heavy (non-hydrogen) atoms. The molecule has 1 nitrogen and oxygen atoms in total. The molecule has 1 aliphatic rings. The molecule has 2 aromatic rings. The van der Waals surface area contributed by atoms with Crippen molar-refractivity contribution in [2.24, 2.45) is 0 Å². The molecule has 0 N–H and O–H groups in total. The molecule has 1 fully saturated rings. The molecule has 0 spiro atoms. The SMILES string of the molecule is COc1ccc(C2C(c3cc(C)c(Br)c(Cl)c3)C2(Cl)Cl)cc1. The summed E-state index contributed by atoms with van der Waals surface area (Å²) in [5, 5.41) is 0.680. The van der Waals surface area contributed by atoms with Gasteiger partial charge < -0.3 is 4.74 Å². The maximum absolute atomic E-state index is 6.54. The van der Waals surface area contributed by atoms with Crippen LogP contribution in [0.1, 0.15) is 28.5 Å². The van der Waals surface area contributed by atoms with Gasteiger partial charge in [-0.05, 0) is 57.7 Å². The number of ether oxygens (including phenoxy) is 1. The second-order valence-electron chi connectivity index (χ2n) is 5.54. The zero-order chi connectivity index (χ0) is 16.1. The second kappa shape index (κ2) is 5.90. The smallest absolute Gasteiger partial charge is 0.133 e. The van der Waals surface area contributed by atoms with Crippen LogP contribution in [0, 0.1) is 6.92 Å². The van der Waals surface area contributed by atoms with Crippen LogP contribution in [0.5, 0.6) is 5.75 Å². The van der Waals surface area contributed by atoms with Gasteiger partial charge in [0.1, 0.15) is 10.1 Å². The van der Waals surface area contributed by atoms with Gasteiger partial charge in [-0.1, -0.05) is 29.8 Å². The lowest BCUT2D eigenvalue weighted by atomic mass is 10.0. The largest absolute Gasteiger partial charge is 0.497 e. The fourth-order valence-corrected chi connectivity index (χ4v) is 4.29. The minimum Gasteiger partial charge on any atom is -0.497 e. The maximum atomic E-state index is 6.54. The number of alkyl halides is 2. The normalized spacial score (nSPS) is 22.5. The van der Waals surface area contributed by atoms with Gasteiger partial charge in [-0.3, -0.25) is 0 Å². The molecule has 0 bridgehead atoms. The summed E-state index contributed by atoms with van der Waals surface area (Å²) in [4.78, 5) is 0. The van der Waals surface area contributed by atoms with E-state index in [1.54, 1.807) is 7.11 Å². The zero-order valence-corrected chi connectivity index (χ0v) is 15.9. The zero-order valence-electron chi connectivity index (χ0n) is 12.0. The van der Waals surface area contributed by atoms with Crippen LogP contribution in [0.15, 0.2) is 40.9 Å². The van der Waals surface area contributed by atoms with E-state index in [1.807, 2.05) is 37.3 Å². The molecule has 2 aromatic carbocycles. The minimum absolute atomic E-state index is 0.0357. The highest BCUT2D eigenvalue weighted by Crippen LogP contribution is 2.70. The highest BCUT2D eigenvalue weighted by molar-refractivity contribution is 9.10. The van der Waals surface area contributed by atoms with E-state index in [-0.39, 0.29) is 11.8 Å². The summed E-state index contributed by atoms with van der Waals surface area (Å²) >= 11 is 22.8. The predicted octanol–water partition coefficient (Wildman–Crippen LogP) is 6.47. The number of aryl methyl sites for hydroxylation is 1. The van der Waals surface area contributed by atoms with E-state index >= 15 is 0 Å². The van der Waals surface area contributed by atoms with Gasteiger partial charge in [0.15, 0.2) is 0 Å². The molecular formula is C17H14BrCl3O. The number of rotatable bonds is 3. The summed E-state index contributed by atoms with van der Waals surface area (Å²) in [5.74, 6) is 0.908. The average molecular weight is 421 g/mol. The lowest BCUT2D eigenvalue weighted by Gasteiger charge is -2.07. The second-order valence-corrected chi connectivity index (χ2v) is 8.18. The van der Waals surface area contributed by atoms with E-state index in [2.05, 4.69) is 22.0 Å². The first-order chi connectivity index (χ1) is 10.4. The number of methoxy groups -OCH3 is 1. The minimum atomic E-state index is -0.807. The molecule has 1 saturated carbocycles. The van der Waals surface area contributed by atoms with Gasteiger partial charge in [-0.25, -0.2) is 0 Å². The quantitative estimate of drug-likeness (QED) is 0.517. The van der Waals surface area contributed by atoms with E-state index in [0.717, 1.165) is 26.9 Å². The van der Waals surface area contributed by atoms with Crippen molar-refractivity contribution in [3.63, 3.8) is 0 Å². The third-order valence-electron chi connectivity index (χ3n) is 4.12. The van der Waals surface area contributed by atoms with Crippen LogP contribution in [0.3, 0.4) is 0 Å². The summed E-state index contributed by atoms with van der Waals surface area (Å²) < 4.78 is 5.29. The van der Waals surface area contributed by atoms with Crippen molar-refractivity contribution >= 4 is 50.7 Å². The molecule has 0 saturated heterocycles. The third kappa shape index (κ3) is 2.75. The van der Waals surface area contributed by atoms with Crippen molar-refractivity contribution in [3.05, 3.63) is 62.6 Å². The summed E-state index contributed by atoms with van der Waals surface area (Å²) in [6.45, 7) is 2.01. The maximum Gasteiger partial charge on any atom is 0.133 e. The fraction of sp³-hybridized carbons (Fsp3) is 0.294. The fourth-order valence-electron chi connectivity index (χ4n) is 2.90. The Bertz CT molecular complexity index is 689. The molecule has 1 aliphatic carbocycles. The number of halogens is 4. The molecule has 0 heterocycles. The van der Waals surface area contributed by atoms with Crippen molar-refractivity contribution < 1.29 is 4.74 Å². The molecule has 0 aliphatic heterocycles. The van der Waals surface area contributed by atoms with Crippen molar-refractivity contribution in [1.82, 2.24) is 0 Å². The molecule has 3 rings (SSSR count). The average Bonchev–Trinajstić information content (AvgIpc) is 3.07. The Morgan fingerprint density at radius 3 is 2.18 bits per heavy atom. The Hall–Kier alpha value is -0.410. The monoisotopic (exact) mass is 418 g/mol. The first kappa shape index (κ1) is 16.4. The molecule has 0 aromatic heterocycles. The first-order valence-corrected chi connectivity index (χ1v) is 8.76. The Morgan fingerprint density at radius 2 is 1.64 bits per heavy atom. The highest BCUT2D eigenvalue weighted by atomic mass is 79.9. The molecule has 0 radical (unpaired) electrons. The summed E-state index contributed by atoms with van der Waals surface area (Å²) in [5.41, 5.74) is 3.25. The molecule has 116 valence electrons. The van der Waals surface area contributed by atoms with Gasteiger partial charge >= 0.3 is 0 Å². The number of hydrogen-bond acceptors (Lipinski definition) is 1. The van der Waals surface area contributed by atoms with Gasteiger partial charge in [-0.2, -0.15) is 0 Å². The van der Waals surface area contributed by atoms with Crippen LogP contribution in [-0.2, 0) is 0 Å². The highest BCUT2D eigenvalue weighted by Gasteiger charge is 2.64. The van der Waals surface area contributed by atoms with Gasteiger partial charge in [0.2, 0.25) is 0 Å². The van der Waals surface area contributed by atoms with Crippen molar-refractivity contribution in [2.75, 3.05) is 7.11 Å². The van der Waals surface area contributed by atoms with E-state index in [0.29, 0.717) is 5.02 Å². The van der Waals surface area contributed by atoms with Crippen molar-refractivity contribution in [1.29, 1.82) is 0 Å². The molecule has 5 heteroatoms. The lowest BCUT2D eigenvalue weighted by Crippen LogP contribution is -1.92. The molecule has 0 amide bonds.